The average Bonchev–Trinajstić information content (AvgIpc) is 3.60. The van der Waals surface area contributed by atoms with Gasteiger partial charge in [0.15, 0.2) is 6.61 Å². The van der Waals surface area contributed by atoms with Gasteiger partial charge in [-0.1, -0.05) is 78.0 Å². The predicted molar refractivity (Wildman–Crippen MR) is 141 cm³/mol. The molecule has 0 N–H and O–H groups in total. The Morgan fingerprint density at radius 2 is 1.81 bits per heavy atom. The van der Waals surface area contributed by atoms with Crippen LogP contribution < -0.4 is 9.47 Å². The van der Waals surface area contributed by atoms with Gasteiger partial charge in [0, 0.05) is 6.42 Å². The molecule has 1 atom stereocenters. The summed E-state index contributed by atoms with van der Waals surface area (Å²) in [7, 11) is 1.63. The molecular formula is C27H23ClN4O4S. The number of ether oxygens (including phenoxy) is 2. The van der Waals surface area contributed by atoms with Crippen LogP contribution in [0, 0.1) is 0 Å². The fourth-order valence-corrected chi connectivity index (χ4v) is 4.70. The number of hydrazone groups is 1. The molecule has 1 amide bonds. The summed E-state index contributed by atoms with van der Waals surface area (Å²) in [6, 6.07) is 24.5. The summed E-state index contributed by atoms with van der Waals surface area (Å²) in [5.41, 5.74) is 2.83. The standard InChI is InChI=1S/C27H23ClN4O4S/c1-34-20-13-11-19(12-14-20)23-15-22(18-7-3-2-4-8-18)31-32(23)26(33)17-37-27-30-29-25(36-27)16-35-24-10-6-5-9-21(24)28/h2-14,23H,15-17H2,1H3/t23-/m0/s1. The fourth-order valence-electron chi connectivity index (χ4n) is 3.88. The van der Waals surface area contributed by atoms with Gasteiger partial charge in [-0.3, -0.25) is 4.79 Å². The van der Waals surface area contributed by atoms with Crippen LogP contribution in [0.15, 0.2) is 93.6 Å². The highest BCUT2D eigenvalue weighted by Crippen LogP contribution is 2.34. The Bertz CT molecular complexity index is 1400. The first-order valence-electron chi connectivity index (χ1n) is 11.5. The first-order chi connectivity index (χ1) is 18.1. The number of thioether (sulfide) groups is 1. The van der Waals surface area contributed by atoms with E-state index in [-0.39, 0.29) is 35.4 Å². The summed E-state index contributed by atoms with van der Waals surface area (Å²) in [5.74, 6) is 1.49. The minimum absolute atomic E-state index is 0.0711. The first-order valence-corrected chi connectivity index (χ1v) is 12.9. The lowest BCUT2D eigenvalue weighted by Crippen LogP contribution is -2.28. The minimum atomic E-state index is -0.225. The van der Waals surface area contributed by atoms with Crippen molar-refractivity contribution in [1.29, 1.82) is 0 Å². The van der Waals surface area contributed by atoms with Gasteiger partial charge in [0.2, 0.25) is 0 Å². The molecule has 2 heterocycles. The number of benzene rings is 3. The average molecular weight is 535 g/mol. The molecule has 1 aromatic heterocycles. The van der Waals surface area contributed by atoms with Crippen molar-refractivity contribution >= 4 is 35.0 Å². The van der Waals surface area contributed by atoms with Gasteiger partial charge in [-0.15, -0.1) is 10.2 Å². The number of halogens is 1. The molecule has 188 valence electrons. The maximum absolute atomic E-state index is 13.3. The second kappa shape index (κ2) is 11.5. The van der Waals surface area contributed by atoms with Crippen LogP contribution in [-0.4, -0.2) is 39.7 Å². The Balaban J connectivity index is 1.26. The Kier molecular flexibility index (Phi) is 7.72. The van der Waals surface area contributed by atoms with Crippen molar-refractivity contribution in [3.8, 4) is 11.5 Å². The Labute approximate surface area is 223 Å². The van der Waals surface area contributed by atoms with E-state index in [4.69, 9.17) is 30.6 Å². The van der Waals surface area contributed by atoms with E-state index in [1.807, 2.05) is 66.7 Å². The number of carbonyl (C=O) groups excluding carboxylic acids is 1. The molecule has 0 bridgehead atoms. The lowest BCUT2D eigenvalue weighted by Gasteiger charge is -2.22. The second-order valence-electron chi connectivity index (χ2n) is 8.11. The van der Waals surface area contributed by atoms with Gasteiger partial charge in [0.05, 0.1) is 29.6 Å². The number of hydrogen-bond acceptors (Lipinski definition) is 8. The third kappa shape index (κ3) is 5.95. The molecule has 0 aliphatic carbocycles. The molecule has 0 saturated heterocycles. The molecule has 5 rings (SSSR count). The van der Waals surface area contributed by atoms with Crippen molar-refractivity contribution in [1.82, 2.24) is 15.2 Å². The lowest BCUT2D eigenvalue weighted by atomic mass is 9.98. The number of para-hydroxylation sites is 1. The number of hydrogen-bond donors (Lipinski definition) is 0. The van der Waals surface area contributed by atoms with Gasteiger partial charge in [-0.25, -0.2) is 5.01 Å². The summed E-state index contributed by atoms with van der Waals surface area (Å²) in [6.45, 7) is 0.0711. The lowest BCUT2D eigenvalue weighted by molar-refractivity contribution is -0.130. The van der Waals surface area contributed by atoms with E-state index in [1.165, 1.54) is 0 Å². The number of amides is 1. The quantitative estimate of drug-likeness (QED) is 0.251. The zero-order valence-electron chi connectivity index (χ0n) is 19.9. The summed E-state index contributed by atoms with van der Waals surface area (Å²) < 4.78 is 16.6. The Morgan fingerprint density at radius 3 is 2.57 bits per heavy atom. The first kappa shape index (κ1) is 24.9. The van der Waals surface area contributed by atoms with Crippen molar-refractivity contribution in [2.75, 3.05) is 12.9 Å². The number of carbonyl (C=O) groups is 1. The second-order valence-corrected chi connectivity index (χ2v) is 9.45. The fraction of sp³-hybridized carbons (Fsp3) is 0.185. The van der Waals surface area contributed by atoms with Gasteiger partial charge in [0.25, 0.3) is 17.0 Å². The van der Waals surface area contributed by atoms with E-state index < -0.39 is 0 Å². The number of nitrogens with zero attached hydrogens (tertiary/aromatic N) is 4. The SMILES string of the molecule is COc1ccc([C@@H]2CC(c3ccccc3)=NN2C(=O)CSc2nnc(COc3ccccc3Cl)o2)cc1. The van der Waals surface area contributed by atoms with E-state index >= 15 is 0 Å². The largest absolute Gasteiger partial charge is 0.497 e. The normalized spacial score (nSPS) is 14.9. The molecule has 0 radical (unpaired) electrons. The number of rotatable bonds is 9. The molecule has 3 aromatic carbocycles. The van der Waals surface area contributed by atoms with Crippen LogP contribution in [0.3, 0.4) is 0 Å². The molecule has 0 unspecified atom stereocenters. The maximum Gasteiger partial charge on any atom is 0.277 e. The number of aromatic nitrogens is 2. The predicted octanol–water partition coefficient (Wildman–Crippen LogP) is 5.78. The van der Waals surface area contributed by atoms with E-state index in [1.54, 1.807) is 24.3 Å². The van der Waals surface area contributed by atoms with Gasteiger partial charge in [-0.2, -0.15) is 5.10 Å². The van der Waals surface area contributed by atoms with Crippen molar-refractivity contribution < 1.29 is 18.7 Å². The van der Waals surface area contributed by atoms with Crippen LogP contribution in [0.25, 0.3) is 0 Å². The molecule has 0 spiro atoms. The van der Waals surface area contributed by atoms with Crippen molar-refractivity contribution in [2.24, 2.45) is 5.10 Å². The summed E-state index contributed by atoms with van der Waals surface area (Å²) in [4.78, 5) is 13.3. The van der Waals surface area contributed by atoms with Crippen LogP contribution in [-0.2, 0) is 11.4 Å². The highest BCUT2D eigenvalue weighted by Gasteiger charge is 2.33. The molecular weight excluding hydrogens is 512 g/mol. The third-order valence-electron chi connectivity index (χ3n) is 5.73. The van der Waals surface area contributed by atoms with Crippen LogP contribution >= 0.6 is 23.4 Å². The molecule has 4 aromatic rings. The van der Waals surface area contributed by atoms with Crippen molar-refractivity contribution in [2.45, 2.75) is 24.3 Å². The zero-order valence-corrected chi connectivity index (χ0v) is 21.5. The van der Waals surface area contributed by atoms with Gasteiger partial charge < -0.3 is 13.9 Å². The topological polar surface area (TPSA) is 90.1 Å². The minimum Gasteiger partial charge on any atom is -0.497 e. The maximum atomic E-state index is 13.3. The van der Waals surface area contributed by atoms with Gasteiger partial charge in [0.1, 0.15) is 11.5 Å². The Hall–Kier alpha value is -3.82. The summed E-state index contributed by atoms with van der Waals surface area (Å²) >= 11 is 7.27. The number of methoxy groups -OCH3 is 1. The zero-order chi connectivity index (χ0) is 25.6. The van der Waals surface area contributed by atoms with Crippen LogP contribution in [0.1, 0.15) is 29.5 Å². The highest BCUT2D eigenvalue weighted by atomic mass is 35.5. The molecule has 1 aliphatic heterocycles. The monoisotopic (exact) mass is 534 g/mol. The van der Waals surface area contributed by atoms with Crippen LogP contribution in [0.4, 0.5) is 0 Å². The van der Waals surface area contributed by atoms with Crippen molar-refractivity contribution in [3.05, 3.63) is 101 Å². The summed E-state index contributed by atoms with van der Waals surface area (Å²) in [6.07, 6.45) is 0.608. The molecule has 0 saturated carbocycles. The van der Waals surface area contributed by atoms with E-state index in [9.17, 15) is 4.79 Å². The molecule has 1 aliphatic rings. The smallest absolute Gasteiger partial charge is 0.277 e. The molecule has 10 heteroatoms. The van der Waals surface area contributed by atoms with E-state index in [0.29, 0.717) is 17.2 Å². The van der Waals surface area contributed by atoms with Gasteiger partial charge in [-0.05, 0) is 35.4 Å². The Morgan fingerprint density at radius 1 is 1.05 bits per heavy atom. The summed E-state index contributed by atoms with van der Waals surface area (Å²) in [5, 5.41) is 15.0. The van der Waals surface area contributed by atoms with Gasteiger partial charge >= 0.3 is 0 Å². The van der Waals surface area contributed by atoms with Crippen molar-refractivity contribution in [3.63, 3.8) is 0 Å². The molecule has 37 heavy (non-hydrogen) atoms. The van der Waals surface area contributed by atoms with Crippen LogP contribution in [0.5, 0.6) is 11.5 Å². The molecule has 0 fully saturated rings. The molecule has 8 nitrogen and oxygen atoms in total. The highest BCUT2D eigenvalue weighted by molar-refractivity contribution is 7.99. The van der Waals surface area contributed by atoms with Crippen LogP contribution in [0.2, 0.25) is 5.02 Å². The third-order valence-corrected chi connectivity index (χ3v) is 6.84. The van der Waals surface area contributed by atoms with E-state index in [0.717, 1.165) is 34.3 Å². The van der Waals surface area contributed by atoms with E-state index in [2.05, 4.69) is 10.2 Å².